The molecule has 0 bridgehead atoms. The molecule has 0 fully saturated rings. The zero-order valence-electron chi connectivity index (χ0n) is 15.4. The molecular formula is C21H25N3O. The van der Waals surface area contributed by atoms with Crippen LogP contribution in [-0.4, -0.2) is 33.8 Å². The van der Waals surface area contributed by atoms with Crippen LogP contribution in [0.3, 0.4) is 0 Å². The van der Waals surface area contributed by atoms with Crippen molar-refractivity contribution in [2.45, 2.75) is 33.6 Å². The summed E-state index contributed by atoms with van der Waals surface area (Å²) < 4.78 is 2.06. The zero-order valence-corrected chi connectivity index (χ0v) is 15.4. The van der Waals surface area contributed by atoms with Gasteiger partial charge in [0.05, 0.1) is 17.8 Å². The number of aryl methyl sites for hydroxylation is 2. The molecule has 0 spiro atoms. The summed E-state index contributed by atoms with van der Waals surface area (Å²) in [6, 6.07) is 12.4. The molecule has 1 aromatic carbocycles. The van der Waals surface area contributed by atoms with Crippen molar-refractivity contribution in [2.75, 3.05) is 13.6 Å². The van der Waals surface area contributed by atoms with Gasteiger partial charge in [-0.2, -0.15) is 0 Å². The summed E-state index contributed by atoms with van der Waals surface area (Å²) in [5.74, 6) is 0.124. The first-order valence-electron chi connectivity index (χ1n) is 8.78. The SMILES string of the molecule is CCCN(C)C(=O)Cc1c(-c2ccc(C)cc2)nc2ccc(C)cn12. The van der Waals surface area contributed by atoms with E-state index < -0.39 is 0 Å². The van der Waals surface area contributed by atoms with Gasteiger partial charge in [0.25, 0.3) is 0 Å². The van der Waals surface area contributed by atoms with Crippen molar-refractivity contribution in [3.8, 4) is 11.3 Å². The van der Waals surface area contributed by atoms with Gasteiger partial charge in [-0.15, -0.1) is 0 Å². The first-order chi connectivity index (χ1) is 12.0. The largest absolute Gasteiger partial charge is 0.345 e. The highest BCUT2D eigenvalue weighted by Crippen LogP contribution is 2.26. The van der Waals surface area contributed by atoms with E-state index in [-0.39, 0.29) is 5.91 Å². The van der Waals surface area contributed by atoms with Gasteiger partial charge in [0.15, 0.2) is 0 Å². The van der Waals surface area contributed by atoms with Crippen molar-refractivity contribution in [3.05, 3.63) is 59.4 Å². The average Bonchev–Trinajstić information content (AvgIpc) is 2.93. The van der Waals surface area contributed by atoms with Crippen LogP contribution >= 0.6 is 0 Å². The third-order valence-corrected chi connectivity index (χ3v) is 4.49. The van der Waals surface area contributed by atoms with E-state index in [4.69, 9.17) is 4.98 Å². The Labute approximate surface area is 149 Å². The summed E-state index contributed by atoms with van der Waals surface area (Å²) in [5.41, 5.74) is 6.13. The van der Waals surface area contributed by atoms with Crippen LogP contribution in [0.25, 0.3) is 16.9 Å². The highest BCUT2D eigenvalue weighted by molar-refractivity contribution is 5.81. The van der Waals surface area contributed by atoms with Gasteiger partial charge in [0.1, 0.15) is 5.65 Å². The number of nitrogens with zero attached hydrogens (tertiary/aromatic N) is 3. The lowest BCUT2D eigenvalue weighted by Gasteiger charge is -2.16. The van der Waals surface area contributed by atoms with E-state index in [1.54, 1.807) is 4.90 Å². The molecule has 0 aliphatic rings. The van der Waals surface area contributed by atoms with Gasteiger partial charge in [-0.05, 0) is 31.9 Å². The van der Waals surface area contributed by atoms with Crippen LogP contribution < -0.4 is 0 Å². The molecule has 4 nitrogen and oxygen atoms in total. The van der Waals surface area contributed by atoms with Crippen LogP contribution in [0.5, 0.6) is 0 Å². The normalized spacial score (nSPS) is 11.0. The molecule has 3 rings (SSSR count). The van der Waals surface area contributed by atoms with Crippen LogP contribution in [0.1, 0.15) is 30.2 Å². The number of imidazole rings is 1. The highest BCUT2D eigenvalue weighted by atomic mass is 16.2. The number of hydrogen-bond acceptors (Lipinski definition) is 2. The van der Waals surface area contributed by atoms with Crippen LogP contribution in [0.15, 0.2) is 42.6 Å². The lowest BCUT2D eigenvalue weighted by molar-refractivity contribution is -0.129. The molecule has 0 saturated heterocycles. The summed E-state index contributed by atoms with van der Waals surface area (Å²) in [4.78, 5) is 19.3. The Bertz CT molecular complexity index is 893. The molecule has 1 amide bonds. The summed E-state index contributed by atoms with van der Waals surface area (Å²) in [6.45, 7) is 6.98. The maximum Gasteiger partial charge on any atom is 0.228 e. The van der Waals surface area contributed by atoms with Crippen LogP contribution in [0.2, 0.25) is 0 Å². The number of likely N-dealkylation sites (N-methyl/N-ethyl adjacent to an activating group) is 1. The smallest absolute Gasteiger partial charge is 0.228 e. The van der Waals surface area contributed by atoms with Crippen LogP contribution in [-0.2, 0) is 11.2 Å². The van der Waals surface area contributed by atoms with E-state index >= 15 is 0 Å². The minimum Gasteiger partial charge on any atom is -0.345 e. The van der Waals surface area contributed by atoms with Gasteiger partial charge >= 0.3 is 0 Å². The molecule has 0 aliphatic heterocycles. The molecule has 0 atom stereocenters. The lowest BCUT2D eigenvalue weighted by atomic mass is 10.1. The van der Waals surface area contributed by atoms with E-state index in [2.05, 4.69) is 61.7 Å². The third kappa shape index (κ3) is 3.58. The van der Waals surface area contributed by atoms with E-state index in [1.165, 1.54) is 5.56 Å². The van der Waals surface area contributed by atoms with Crippen molar-refractivity contribution in [2.24, 2.45) is 0 Å². The van der Waals surface area contributed by atoms with Gasteiger partial charge < -0.3 is 9.30 Å². The van der Waals surface area contributed by atoms with E-state index in [1.807, 2.05) is 13.1 Å². The second kappa shape index (κ2) is 7.09. The quantitative estimate of drug-likeness (QED) is 0.706. The molecule has 0 radical (unpaired) electrons. The number of aromatic nitrogens is 2. The maximum absolute atomic E-state index is 12.7. The molecule has 2 aromatic heterocycles. The van der Waals surface area contributed by atoms with E-state index in [0.29, 0.717) is 6.42 Å². The molecule has 0 aliphatic carbocycles. The molecule has 0 saturated carbocycles. The highest BCUT2D eigenvalue weighted by Gasteiger charge is 2.19. The van der Waals surface area contributed by atoms with Gasteiger partial charge in [0.2, 0.25) is 5.91 Å². The first kappa shape index (κ1) is 17.2. The summed E-state index contributed by atoms with van der Waals surface area (Å²) in [5, 5.41) is 0. The Morgan fingerprint density at radius 2 is 1.76 bits per heavy atom. The molecule has 130 valence electrons. The molecule has 25 heavy (non-hydrogen) atoms. The Morgan fingerprint density at radius 1 is 1.08 bits per heavy atom. The van der Waals surface area contributed by atoms with E-state index in [9.17, 15) is 4.79 Å². The minimum absolute atomic E-state index is 0.124. The number of rotatable bonds is 5. The third-order valence-electron chi connectivity index (χ3n) is 4.49. The van der Waals surface area contributed by atoms with Crippen molar-refractivity contribution in [3.63, 3.8) is 0 Å². The lowest BCUT2D eigenvalue weighted by Crippen LogP contribution is -2.29. The second-order valence-electron chi connectivity index (χ2n) is 6.70. The number of fused-ring (bicyclic) bond motifs is 1. The summed E-state index contributed by atoms with van der Waals surface area (Å²) in [6.07, 6.45) is 3.37. The number of carbonyl (C=O) groups is 1. The molecular weight excluding hydrogens is 310 g/mol. The van der Waals surface area contributed by atoms with E-state index in [0.717, 1.165) is 41.1 Å². The Kier molecular flexibility index (Phi) is 4.88. The maximum atomic E-state index is 12.7. The number of hydrogen-bond donors (Lipinski definition) is 0. The summed E-state index contributed by atoms with van der Waals surface area (Å²) >= 11 is 0. The monoisotopic (exact) mass is 335 g/mol. The first-order valence-corrected chi connectivity index (χ1v) is 8.78. The second-order valence-corrected chi connectivity index (χ2v) is 6.70. The van der Waals surface area contributed by atoms with Crippen molar-refractivity contribution in [1.29, 1.82) is 0 Å². The Balaban J connectivity index is 2.09. The van der Waals surface area contributed by atoms with Crippen LogP contribution in [0.4, 0.5) is 0 Å². The standard InChI is InChI=1S/C21H25N3O/c1-5-12-23(4)20(25)13-18-21(17-9-6-15(2)7-10-17)22-19-11-8-16(3)14-24(18)19/h6-11,14H,5,12-13H2,1-4H3. The fourth-order valence-electron chi connectivity index (χ4n) is 3.05. The Morgan fingerprint density at radius 3 is 2.44 bits per heavy atom. The minimum atomic E-state index is 0.124. The number of benzene rings is 1. The molecule has 2 heterocycles. The average molecular weight is 335 g/mol. The van der Waals surface area contributed by atoms with Crippen LogP contribution in [0, 0.1) is 13.8 Å². The van der Waals surface area contributed by atoms with Gasteiger partial charge in [-0.3, -0.25) is 4.79 Å². The Hall–Kier alpha value is -2.62. The fraction of sp³-hybridized carbons (Fsp3) is 0.333. The van der Waals surface area contributed by atoms with Gasteiger partial charge in [0, 0.05) is 25.4 Å². The van der Waals surface area contributed by atoms with Crippen molar-refractivity contribution < 1.29 is 4.79 Å². The predicted octanol–water partition coefficient (Wildman–Crippen LogP) is 4.03. The number of carbonyl (C=O) groups excluding carboxylic acids is 1. The molecule has 4 heteroatoms. The predicted molar refractivity (Wildman–Crippen MR) is 102 cm³/mol. The fourth-order valence-corrected chi connectivity index (χ4v) is 3.05. The molecule has 0 N–H and O–H groups in total. The molecule has 0 unspecified atom stereocenters. The van der Waals surface area contributed by atoms with Crippen molar-refractivity contribution in [1.82, 2.24) is 14.3 Å². The topological polar surface area (TPSA) is 37.6 Å². The zero-order chi connectivity index (χ0) is 18.0. The number of pyridine rings is 1. The summed E-state index contributed by atoms with van der Waals surface area (Å²) in [7, 11) is 1.87. The molecule has 3 aromatic rings. The van der Waals surface area contributed by atoms with Gasteiger partial charge in [-0.25, -0.2) is 4.98 Å². The van der Waals surface area contributed by atoms with Gasteiger partial charge in [-0.1, -0.05) is 42.8 Å². The number of amides is 1. The van der Waals surface area contributed by atoms with Crippen molar-refractivity contribution >= 4 is 11.6 Å².